The second-order valence-electron chi connectivity index (χ2n) is 24.9. The first-order valence-corrected chi connectivity index (χ1v) is 31.9. The van der Waals surface area contributed by atoms with E-state index in [1.54, 1.807) is 6.07 Å². The zero-order valence-electron chi connectivity index (χ0n) is 50.8. The van der Waals surface area contributed by atoms with Gasteiger partial charge in [-0.2, -0.15) is 0 Å². The number of aryl methyl sites for hydroxylation is 3. The Morgan fingerprint density at radius 3 is 1.54 bits per heavy atom. The average Bonchev–Trinajstić information content (AvgIpc) is 0.865. The quantitative estimate of drug-likeness (QED) is 0.0705. The number of fused-ring (bicyclic) bond motifs is 3. The number of hydrogen-bond donors (Lipinski definition) is 13. The molecule has 13 rings (SSSR count). The smallest absolute Gasteiger partial charge is 0.161 e. The predicted molar refractivity (Wildman–Crippen MR) is 333 cm³/mol. The van der Waals surface area contributed by atoms with Crippen LogP contribution >= 0.6 is 0 Å². The van der Waals surface area contributed by atoms with E-state index in [2.05, 4.69) is 60.8 Å². The molecule has 19 nitrogen and oxygen atoms in total. The molecule has 0 unspecified atom stereocenters. The van der Waals surface area contributed by atoms with E-state index in [-0.39, 0.29) is 0 Å². The molecule has 0 bridgehead atoms. The van der Waals surface area contributed by atoms with Gasteiger partial charge in [0.2, 0.25) is 0 Å². The molecule has 15 atom stereocenters. The molecule has 7 aliphatic rings. The van der Waals surface area contributed by atoms with Gasteiger partial charge in [-0.05, 0) is 167 Å². The van der Waals surface area contributed by atoms with Gasteiger partial charge in [0.1, 0.15) is 111 Å². The lowest BCUT2D eigenvalue weighted by molar-refractivity contribution is -0.231. The summed E-state index contributed by atoms with van der Waals surface area (Å²) in [5.41, 5.74) is 15.3. The molecule has 6 aliphatic heterocycles. The van der Waals surface area contributed by atoms with E-state index in [4.69, 9.17) is 28.4 Å². The van der Waals surface area contributed by atoms with Crippen molar-refractivity contribution in [1.29, 1.82) is 0 Å². The lowest BCUT2D eigenvalue weighted by atomic mass is 9.76. The molecule has 3 saturated heterocycles. The molecular formula is C71H87NO18. The van der Waals surface area contributed by atoms with E-state index in [1.165, 1.54) is 63.9 Å². The maximum atomic E-state index is 10.6. The molecule has 4 fully saturated rings. The highest BCUT2D eigenvalue weighted by Crippen LogP contribution is 2.42. The van der Waals surface area contributed by atoms with Crippen LogP contribution in [0.1, 0.15) is 136 Å². The van der Waals surface area contributed by atoms with Gasteiger partial charge in [-0.1, -0.05) is 104 Å². The highest BCUT2D eigenvalue weighted by Gasteiger charge is 2.47. The molecule has 19 heteroatoms. The summed E-state index contributed by atoms with van der Waals surface area (Å²) in [5.74, 6) is 3.00. The van der Waals surface area contributed by atoms with Gasteiger partial charge >= 0.3 is 0 Å². The molecule has 13 N–H and O–H groups in total. The fourth-order valence-corrected chi connectivity index (χ4v) is 13.4. The van der Waals surface area contributed by atoms with Crippen LogP contribution in [-0.4, -0.2) is 181 Å². The number of anilines is 1. The van der Waals surface area contributed by atoms with E-state index < -0.39 is 111 Å². The van der Waals surface area contributed by atoms with E-state index in [1.807, 2.05) is 60.7 Å². The second-order valence-corrected chi connectivity index (χ2v) is 24.9. The highest BCUT2D eigenvalue weighted by molar-refractivity contribution is 5.56. The Bertz CT molecular complexity index is 3350. The third-order valence-electron chi connectivity index (χ3n) is 18.8. The monoisotopic (exact) mass is 1240 g/mol. The first-order valence-electron chi connectivity index (χ1n) is 31.9. The number of rotatable bonds is 14. The van der Waals surface area contributed by atoms with Crippen LogP contribution in [0.25, 0.3) is 0 Å². The van der Waals surface area contributed by atoms with Crippen molar-refractivity contribution in [2.75, 3.05) is 51.5 Å². The molecule has 1 saturated carbocycles. The fraction of sp³-hybridized carbons (Fsp3) is 0.493. The van der Waals surface area contributed by atoms with Crippen LogP contribution in [0.2, 0.25) is 0 Å². The third-order valence-corrected chi connectivity index (χ3v) is 18.8. The molecule has 6 heterocycles. The van der Waals surface area contributed by atoms with E-state index >= 15 is 0 Å². The van der Waals surface area contributed by atoms with E-state index in [0.717, 1.165) is 103 Å². The predicted octanol–water partition coefficient (Wildman–Crippen LogP) is 4.66. The lowest BCUT2D eigenvalue weighted by Crippen LogP contribution is -2.55. The molecule has 90 heavy (non-hydrogen) atoms. The summed E-state index contributed by atoms with van der Waals surface area (Å²) in [6.45, 7) is 3.67. The minimum Gasteiger partial charge on any atom is -0.493 e. The molecule has 0 aromatic heterocycles. The number of hydrogen-bond acceptors (Lipinski definition) is 19. The summed E-state index contributed by atoms with van der Waals surface area (Å²) in [6, 6.07) is 38.4. The summed E-state index contributed by atoms with van der Waals surface area (Å²) in [7, 11) is 0. The number of nitrogens with one attached hydrogen (secondary N) is 1. The molecule has 0 radical (unpaired) electrons. The third kappa shape index (κ3) is 14.6. The van der Waals surface area contributed by atoms with Crippen LogP contribution < -0.4 is 19.5 Å². The van der Waals surface area contributed by atoms with Crippen LogP contribution in [0.3, 0.4) is 0 Å². The SMILES string of the molecule is CCc1ccc([C@@H]2O[C@H](CO)[C@@H](O)[C@H](O)[C@H]2O)cc1Cc1ccc2c(c1)NCCC2.OC[C@H]1O[C@@H](c2ccc(C3CCC3)c(Cc3ccc4c(c3)CCCO4)c2)[C@H](O)[C@@H](O)[C@@H]1O.OC[C@H]1O[C@@H](c2cccc(Cc3ccc4c(c3)OCCO4)c2)[C@H](O)[C@@H](O)[C@@H]1O. The normalized spacial score (nSPS) is 29.5. The van der Waals surface area contributed by atoms with Crippen LogP contribution in [0.15, 0.2) is 115 Å². The van der Waals surface area contributed by atoms with Gasteiger partial charge in [0, 0.05) is 12.2 Å². The minimum absolute atomic E-state index is 0.425. The minimum atomic E-state index is -1.39. The van der Waals surface area contributed by atoms with Crippen molar-refractivity contribution in [3.8, 4) is 17.2 Å². The Balaban J connectivity index is 0.000000139. The molecule has 0 amide bonds. The molecule has 1 aliphatic carbocycles. The van der Waals surface area contributed by atoms with Crippen molar-refractivity contribution in [3.05, 3.63) is 188 Å². The summed E-state index contributed by atoms with van der Waals surface area (Å²) in [6.07, 6.45) is -6.23. The van der Waals surface area contributed by atoms with Gasteiger partial charge in [0.15, 0.2) is 11.5 Å². The molecule has 6 aromatic carbocycles. The largest absolute Gasteiger partial charge is 0.493 e. The number of aliphatic hydroxyl groups is 12. The standard InChI is InChI=1S/C26H32O6.C24H31NO5.C21H24O7/c27-14-22-23(28)24(29)25(30)26(32-22)18-7-8-20(16-3-1-4-16)19(13-18)12-15-6-9-21-17(11-15)5-2-10-31-21;1-2-15-7-8-17(24-23(29)22(28)21(27)20(13-26)30-24)12-18(15)10-14-5-6-16-4-3-9-25-19(16)11-14;22-11-17-18(23)19(24)20(25)21(28-17)14-3-1-2-12(9-14)8-13-4-5-15-16(10-13)27-7-6-26-15/h6-9,11,13,16,22-30H,1-5,10,12,14H2;5-8,11-12,20-29H,2-4,9-10,13H2,1H3;1-5,9-10,17-25H,6-8,11H2/t22-,23-,24+,25-,26+;20-,21-,22+,23-,24+;17-,18-,19+,20-,21+/m111/s1. The van der Waals surface area contributed by atoms with Crippen LogP contribution in [-0.2, 0) is 52.7 Å². The van der Waals surface area contributed by atoms with Crippen LogP contribution in [0, 0.1) is 0 Å². The van der Waals surface area contributed by atoms with Crippen molar-refractivity contribution in [2.24, 2.45) is 0 Å². The number of benzene rings is 6. The molecular weight excluding hydrogens is 1150 g/mol. The number of aliphatic hydroxyl groups excluding tert-OH is 12. The van der Waals surface area contributed by atoms with Crippen molar-refractivity contribution in [1.82, 2.24) is 0 Å². The van der Waals surface area contributed by atoms with Crippen LogP contribution in [0.5, 0.6) is 17.2 Å². The maximum Gasteiger partial charge on any atom is 0.161 e. The zero-order chi connectivity index (χ0) is 63.2. The van der Waals surface area contributed by atoms with Crippen molar-refractivity contribution in [3.63, 3.8) is 0 Å². The first kappa shape index (κ1) is 65.4. The van der Waals surface area contributed by atoms with Crippen molar-refractivity contribution < 1.29 is 89.7 Å². The average molecular weight is 1240 g/mol. The van der Waals surface area contributed by atoms with Gasteiger partial charge in [-0.15, -0.1) is 0 Å². The molecule has 0 spiro atoms. The van der Waals surface area contributed by atoms with Crippen molar-refractivity contribution >= 4 is 5.69 Å². The summed E-state index contributed by atoms with van der Waals surface area (Å²) in [5, 5.41) is 124. The van der Waals surface area contributed by atoms with Gasteiger partial charge in [-0.25, -0.2) is 0 Å². The Morgan fingerprint density at radius 2 is 0.933 bits per heavy atom. The lowest BCUT2D eigenvalue weighted by Gasteiger charge is -2.40. The van der Waals surface area contributed by atoms with E-state index in [0.29, 0.717) is 31.1 Å². The Morgan fingerprint density at radius 1 is 0.411 bits per heavy atom. The van der Waals surface area contributed by atoms with Gasteiger partial charge in [0.05, 0.1) is 26.4 Å². The van der Waals surface area contributed by atoms with Crippen molar-refractivity contribution in [2.45, 2.75) is 175 Å². The van der Waals surface area contributed by atoms with Gasteiger partial charge < -0.3 is 95.0 Å². The first-order chi connectivity index (χ1) is 43.6. The second kappa shape index (κ2) is 29.7. The van der Waals surface area contributed by atoms with Gasteiger partial charge in [-0.3, -0.25) is 0 Å². The highest BCUT2D eigenvalue weighted by atomic mass is 16.6. The Kier molecular flexibility index (Phi) is 21.6. The zero-order valence-corrected chi connectivity index (χ0v) is 50.8. The molecule has 484 valence electrons. The Hall–Kier alpha value is -6.08. The summed E-state index contributed by atoms with van der Waals surface area (Å²) < 4.78 is 34.1. The summed E-state index contributed by atoms with van der Waals surface area (Å²) >= 11 is 0. The van der Waals surface area contributed by atoms with Crippen LogP contribution in [0.4, 0.5) is 5.69 Å². The Labute approximate surface area is 524 Å². The van der Waals surface area contributed by atoms with E-state index in [9.17, 15) is 61.3 Å². The fourth-order valence-electron chi connectivity index (χ4n) is 13.4. The number of ether oxygens (including phenoxy) is 6. The van der Waals surface area contributed by atoms with Gasteiger partial charge in [0.25, 0.3) is 0 Å². The molecule has 6 aromatic rings. The maximum absolute atomic E-state index is 10.6. The topological polar surface area (TPSA) is 310 Å². The summed E-state index contributed by atoms with van der Waals surface area (Å²) in [4.78, 5) is 0.